The second-order valence-corrected chi connectivity index (χ2v) is 5.98. The van der Waals surface area contributed by atoms with E-state index in [4.69, 9.17) is 0 Å². The van der Waals surface area contributed by atoms with Gasteiger partial charge in [-0.25, -0.2) is 0 Å². The van der Waals surface area contributed by atoms with Crippen LogP contribution in [0.2, 0.25) is 0 Å². The van der Waals surface area contributed by atoms with Crippen molar-refractivity contribution in [3.63, 3.8) is 0 Å². The molecule has 0 aliphatic heterocycles. The molecule has 4 heteroatoms. The summed E-state index contributed by atoms with van der Waals surface area (Å²) in [5, 5.41) is 0. The zero-order chi connectivity index (χ0) is 9.40. The van der Waals surface area contributed by atoms with Gasteiger partial charge in [-0.1, -0.05) is 26.7 Å². The Balaban J connectivity index is 3.55. The van der Waals surface area contributed by atoms with Gasteiger partial charge >= 0.3 is 4.50 Å². The van der Waals surface area contributed by atoms with Crippen molar-refractivity contribution in [1.82, 2.24) is 4.81 Å². The fraction of sp³-hybridized carbons (Fsp3) is 1.00. The van der Waals surface area contributed by atoms with Crippen LogP contribution in [0.15, 0.2) is 0 Å². The molecule has 0 aliphatic rings. The summed E-state index contributed by atoms with van der Waals surface area (Å²) >= 11 is 7.09. The quantitative estimate of drug-likeness (QED) is 0.648. The molecule has 0 aromatic heterocycles. The second-order valence-electron chi connectivity index (χ2n) is 3.02. The van der Waals surface area contributed by atoms with E-state index >= 15 is 0 Å². The minimum atomic E-state index is 0.350. The summed E-state index contributed by atoms with van der Waals surface area (Å²) in [5.41, 5.74) is 0. The van der Waals surface area contributed by atoms with E-state index in [1.54, 1.807) is 0 Å². The van der Waals surface area contributed by atoms with Gasteiger partial charge in [-0.3, -0.25) is 0 Å². The number of hydrogen-bond acceptors (Lipinski definition) is 1. The van der Waals surface area contributed by atoms with E-state index in [0.29, 0.717) is 4.50 Å². The van der Waals surface area contributed by atoms with Gasteiger partial charge < -0.3 is 4.81 Å². The molecule has 0 aromatic rings. The molecular formula is C8H18BBr2N. The summed E-state index contributed by atoms with van der Waals surface area (Å²) in [7, 11) is 0. The minimum Gasteiger partial charge on any atom is -0.323 e. The fourth-order valence-corrected chi connectivity index (χ4v) is 1.85. The summed E-state index contributed by atoms with van der Waals surface area (Å²) in [6.45, 7) is 6.85. The number of nitrogens with zero attached hydrogens (tertiary/aromatic N) is 1. The van der Waals surface area contributed by atoms with Crippen LogP contribution in [0.1, 0.15) is 39.5 Å². The lowest BCUT2D eigenvalue weighted by Crippen LogP contribution is -2.32. The highest BCUT2D eigenvalue weighted by Crippen LogP contribution is 2.11. The first-order valence-corrected chi connectivity index (χ1v) is 6.57. The lowest BCUT2D eigenvalue weighted by atomic mass is 10.2. The van der Waals surface area contributed by atoms with Crippen LogP contribution in [0.3, 0.4) is 0 Å². The molecule has 0 radical (unpaired) electrons. The molecule has 0 heterocycles. The second kappa shape index (κ2) is 8.58. The molecule has 0 amide bonds. The average Bonchev–Trinajstić information content (AvgIpc) is 2.04. The highest BCUT2D eigenvalue weighted by atomic mass is 79.9. The largest absolute Gasteiger partial charge is 0.379 e. The standard InChI is InChI=1S/C8H18BBr2N/c1-3-5-7-12(9(10)11)8-6-4-2/h3-8H2,1-2H3. The van der Waals surface area contributed by atoms with E-state index in [1.807, 2.05) is 0 Å². The Morgan fingerprint density at radius 1 is 1.00 bits per heavy atom. The zero-order valence-electron chi connectivity index (χ0n) is 8.02. The Labute approximate surface area is 93.3 Å². The number of rotatable bonds is 7. The molecule has 0 spiro atoms. The van der Waals surface area contributed by atoms with E-state index in [2.05, 4.69) is 50.2 Å². The van der Waals surface area contributed by atoms with Gasteiger partial charge in [0.05, 0.1) is 0 Å². The molecule has 0 bridgehead atoms. The maximum atomic E-state index is 3.54. The first-order chi connectivity index (χ1) is 5.72. The third-order valence-electron chi connectivity index (χ3n) is 1.87. The fourth-order valence-electron chi connectivity index (χ4n) is 1.03. The molecule has 72 valence electrons. The zero-order valence-corrected chi connectivity index (χ0v) is 11.2. The van der Waals surface area contributed by atoms with Gasteiger partial charge in [0.15, 0.2) is 0 Å². The van der Waals surface area contributed by atoms with E-state index in [-0.39, 0.29) is 0 Å². The van der Waals surface area contributed by atoms with E-state index < -0.39 is 0 Å². The monoisotopic (exact) mass is 297 g/mol. The Morgan fingerprint density at radius 3 is 1.67 bits per heavy atom. The van der Waals surface area contributed by atoms with Gasteiger partial charge in [0, 0.05) is 0 Å². The van der Waals surface area contributed by atoms with Crippen molar-refractivity contribution in [3.8, 4) is 0 Å². The molecule has 0 saturated heterocycles. The molecule has 0 fully saturated rings. The van der Waals surface area contributed by atoms with Crippen LogP contribution in [0, 0.1) is 0 Å². The normalized spacial score (nSPS) is 10.8. The van der Waals surface area contributed by atoms with E-state index in [1.165, 1.54) is 38.8 Å². The van der Waals surface area contributed by atoms with Crippen molar-refractivity contribution in [2.45, 2.75) is 39.5 Å². The third-order valence-corrected chi connectivity index (χ3v) is 3.03. The number of halogens is 2. The molecule has 12 heavy (non-hydrogen) atoms. The first kappa shape index (κ1) is 13.0. The summed E-state index contributed by atoms with van der Waals surface area (Å²) in [5.74, 6) is 0. The predicted octanol–water partition coefficient (Wildman–Crippen LogP) is 3.66. The molecular weight excluding hydrogens is 281 g/mol. The summed E-state index contributed by atoms with van der Waals surface area (Å²) in [4.78, 5) is 2.42. The van der Waals surface area contributed by atoms with Crippen LogP contribution >= 0.6 is 31.5 Å². The molecule has 0 aliphatic carbocycles. The molecule has 0 atom stereocenters. The van der Waals surface area contributed by atoms with Gasteiger partial charge in [-0.05, 0) is 25.9 Å². The summed E-state index contributed by atoms with van der Waals surface area (Å²) in [6, 6.07) is 0. The Hall–Kier alpha value is 0.985. The highest BCUT2D eigenvalue weighted by Gasteiger charge is 2.14. The summed E-state index contributed by atoms with van der Waals surface area (Å²) < 4.78 is 0.350. The van der Waals surface area contributed by atoms with Gasteiger partial charge in [0.2, 0.25) is 0 Å². The van der Waals surface area contributed by atoms with Gasteiger partial charge in [0.1, 0.15) is 0 Å². The SMILES string of the molecule is CCCCN(CCCC)B(Br)Br. The third kappa shape index (κ3) is 6.50. The maximum absolute atomic E-state index is 3.54. The van der Waals surface area contributed by atoms with Crippen LogP contribution in [0.25, 0.3) is 0 Å². The van der Waals surface area contributed by atoms with Crippen LogP contribution in [-0.4, -0.2) is 22.4 Å². The lowest BCUT2D eigenvalue weighted by molar-refractivity contribution is 0.425. The molecule has 0 aromatic carbocycles. The van der Waals surface area contributed by atoms with E-state index in [0.717, 1.165) is 0 Å². The van der Waals surface area contributed by atoms with Crippen molar-refractivity contribution in [1.29, 1.82) is 0 Å². The van der Waals surface area contributed by atoms with Gasteiger partial charge in [-0.2, -0.15) is 0 Å². The molecule has 0 rings (SSSR count). The van der Waals surface area contributed by atoms with Crippen molar-refractivity contribution in [2.75, 3.05) is 13.1 Å². The van der Waals surface area contributed by atoms with Crippen molar-refractivity contribution >= 4 is 36.0 Å². The molecule has 0 N–H and O–H groups in total. The minimum absolute atomic E-state index is 0.350. The first-order valence-electron chi connectivity index (χ1n) is 4.74. The van der Waals surface area contributed by atoms with Crippen LogP contribution in [0.5, 0.6) is 0 Å². The number of unbranched alkanes of at least 4 members (excludes halogenated alkanes) is 2. The number of hydrogen-bond donors (Lipinski definition) is 0. The van der Waals surface area contributed by atoms with Gasteiger partial charge in [0.25, 0.3) is 0 Å². The smallest absolute Gasteiger partial charge is 0.323 e. The average molecular weight is 299 g/mol. The van der Waals surface area contributed by atoms with Crippen molar-refractivity contribution < 1.29 is 0 Å². The van der Waals surface area contributed by atoms with Gasteiger partial charge in [-0.15, -0.1) is 31.5 Å². The van der Waals surface area contributed by atoms with E-state index in [9.17, 15) is 0 Å². The maximum Gasteiger partial charge on any atom is 0.379 e. The Bertz CT molecular complexity index is 93.1. The van der Waals surface area contributed by atoms with Crippen molar-refractivity contribution in [2.24, 2.45) is 0 Å². The molecule has 0 unspecified atom stereocenters. The molecule has 1 nitrogen and oxygen atoms in total. The highest BCUT2D eigenvalue weighted by molar-refractivity contribution is 9.48. The van der Waals surface area contributed by atoms with Crippen LogP contribution in [-0.2, 0) is 0 Å². The molecule has 0 saturated carbocycles. The van der Waals surface area contributed by atoms with Crippen LogP contribution < -0.4 is 0 Å². The Kier molecular flexibility index (Phi) is 9.28. The van der Waals surface area contributed by atoms with Crippen LogP contribution in [0.4, 0.5) is 0 Å². The summed E-state index contributed by atoms with van der Waals surface area (Å²) in [6.07, 6.45) is 5.12. The van der Waals surface area contributed by atoms with Crippen molar-refractivity contribution in [3.05, 3.63) is 0 Å². The predicted molar refractivity (Wildman–Crippen MR) is 65.0 cm³/mol. The lowest BCUT2D eigenvalue weighted by Gasteiger charge is -2.21. The Morgan fingerprint density at radius 2 is 1.42 bits per heavy atom. The topological polar surface area (TPSA) is 3.24 Å².